The van der Waals surface area contributed by atoms with Crippen molar-refractivity contribution in [1.29, 1.82) is 0 Å². The molecule has 0 saturated carbocycles. The predicted octanol–water partition coefficient (Wildman–Crippen LogP) is 5.51. The number of nitrogens with one attached hydrogen (secondary N) is 1. The number of anilines is 1. The summed E-state index contributed by atoms with van der Waals surface area (Å²) >= 11 is 9.44. The Kier molecular flexibility index (Phi) is 6.40. The van der Waals surface area contributed by atoms with E-state index in [1.54, 1.807) is 0 Å². The highest BCUT2D eigenvalue weighted by Crippen LogP contribution is 2.37. The van der Waals surface area contributed by atoms with Crippen LogP contribution in [0.5, 0.6) is 11.5 Å². The van der Waals surface area contributed by atoms with E-state index in [2.05, 4.69) is 21.2 Å². The van der Waals surface area contributed by atoms with Crippen LogP contribution < -0.4 is 14.8 Å². The van der Waals surface area contributed by atoms with Gasteiger partial charge >= 0.3 is 0 Å². The number of hydrogen-bond acceptors (Lipinski definition) is 3. The molecule has 0 spiro atoms. The molecular formula is C17H19BrClNO2. The van der Waals surface area contributed by atoms with Gasteiger partial charge in [-0.05, 0) is 71.7 Å². The molecule has 0 atom stereocenters. The molecule has 118 valence electrons. The second kappa shape index (κ2) is 8.30. The lowest BCUT2D eigenvalue weighted by atomic mass is 10.2. The fourth-order valence-electron chi connectivity index (χ4n) is 2.04. The van der Waals surface area contributed by atoms with Crippen molar-refractivity contribution in [3.8, 4) is 11.5 Å². The number of hydrogen-bond donors (Lipinski definition) is 1. The molecule has 0 aromatic heterocycles. The van der Waals surface area contributed by atoms with E-state index >= 15 is 0 Å². The van der Waals surface area contributed by atoms with Gasteiger partial charge < -0.3 is 14.8 Å². The average molecular weight is 385 g/mol. The first-order valence-electron chi connectivity index (χ1n) is 7.21. The zero-order valence-corrected chi connectivity index (χ0v) is 15.0. The molecule has 0 bridgehead atoms. The molecule has 3 nitrogen and oxygen atoms in total. The molecule has 0 unspecified atom stereocenters. The summed E-state index contributed by atoms with van der Waals surface area (Å²) in [5.41, 5.74) is 2.13. The van der Waals surface area contributed by atoms with E-state index in [4.69, 9.17) is 21.1 Å². The zero-order chi connectivity index (χ0) is 15.9. The van der Waals surface area contributed by atoms with Gasteiger partial charge in [0.1, 0.15) is 0 Å². The van der Waals surface area contributed by atoms with Gasteiger partial charge in [-0.2, -0.15) is 0 Å². The Morgan fingerprint density at radius 2 is 1.73 bits per heavy atom. The Morgan fingerprint density at radius 1 is 1.05 bits per heavy atom. The van der Waals surface area contributed by atoms with Gasteiger partial charge in [-0.1, -0.05) is 11.6 Å². The number of benzene rings is 2. The monoisotopic (exact) mass is 383 g/mol. The summed E-state index contributed by atoms with van der Waals surface area (Å²) in [5, 5.41) is 4.09. The van der Waals surface area contributed by atoms with Gasteiger partial charge in [-0.15, -0.1) is 0 Å². The molecule has 0 fully saturated rings. The molecule has 0 aliphatic rings. The third kappa shape index (κ3) is 4.55. The minimum absolute atomic E-state index is 0.598. The van der Waals surface area contributed by atoms with Crippen molar-refractivity contribution in [2.45, 2.75) is 20.4 Å². The van der Waals surface area contributed by atoms with Crippen LogP contribution in [-0.4, -0.2) is 13.2 Å². The lowest BCUT2D eigenvalue weighted by Crippen LogP contribution is -2.03. The van der Waals surface area contributed by atoms with Crippen LogP contribution in [0.4, 0.5) is 5.69 Å². The van der Waals surface area contributed by atoms with Gasteiger partial charge in [0.25, 0.3) is 0 Å². The van der Waals surface area contributed by atoms with Crippen molar-refractivity contribution in [2.24, 2.45) is 0 Å². The first-order chi connectivity index (χ1) is 10.6. The molecule has 0 aliphatic carbocycles. The molecule has 2 rings (SSSR count). The third-order valence-electron chi connectivity index (χ3n) is 3.00. The van der Waals surface area contributed by atoms with Crippen LogP contribution in [0.3, 0.4) is 0 Å². The Labute approximate surface area is 144 Å². The van der Waals surface area contributed by atoms with E-state index in [1.165, 1.54) is 0 Å². The highest BCUT2D eigenvalue weighted by atomic mass is 79.9. The lowest BCUT2D eigenvalue weighted by Gasteiger charge is -2.15. The molecule has 0 heterocycles. The summed E-state index contributed by atoms with van der Waals surface area (Å²) in [6.45, 7) is 5.80. The van der Waals surface area contributed by atoms with Crippen LogP contribution in [0.25, 0.3) is 0 Å². The highest BCUT2D eigenvalue weighted by Gasteiger charge is 2.11. The van der Waals surface area contributed by atoms with E-state index in [-0.39, 0.29) is 0 Å². The van der Waals surface area contributed by atoms with Crippen molar-refractivity contribution in [3.05, 3.63) is 51.5 Å². The largest absolute Gasteiger partial charge is 0.490 e. The van der Waals surface area contributed by atoms with Gasteiger partial charge in [0, 0.05) is 17.3 Å². The molecular weight excluding hydrogens is 366 g/mol. The summed E-state index contributed by atoms with van der Waals surface area (Å²) in [4.78, 5) is 0. The van der Waals surface area contributed by atoms with Crippen LogP contribution >= 0.6 is 27.5 Å². The number of ether oxygens (including phenoxy) is 2. The summed E-state index contributed by atoms with van der Waals surface area (Å²) in [6, 6.07) is 11.7. The van der Waals surface area contributed by atoms with E-state index < -0.39 is 0 Å². The van der Waals surface area contributed by atoms with Crippen LogP contribution in [0.1, 0.15) is 19.4 Å². The molecule has 0 aliphatic heterocycles. The van der Waals surface area contributed by atoms with Gasteiger partial charge in [0.05, 0.1) is 17.7 Å². The molecule has 22 heavy (non-hydrogen) atoms. The van der Waals surface area contributed by atoms with Gasteiger partial charge in [0.2, 0.25) is 0 Å². The Hall–Kier alpha value is -1.39. The Balaban J connectivity index is 2.15. The van der Waals surface area contributed by atoms with Crippen LogP contribution in [0.2, 0.25) is 5.02 Å². The molecule has 2 aromatic rings. The van der Waals surface area contributed by atoms with Crippen molar-refractivity contribution in [3.63, 3.8) is 0 Å². The summed E-state index contributed by atoms with van der Waals surface area (Å²) in [7, 11) is 0. The van der Waals surface area contributed by atoms with Gasteiger partial charge in [-0.3, -0.25) is 0 Å². The normalized spacial score (nSPS) is 10.4. The number of rotatable bonds is 7. The smallest absolute Gasteiger partial charge is 0.175 e. The molecule has 0 amide bonds. The fourth-order valence-corrected chi connectivity index (χ4v) is 2.77. The van der Waals surface area contributed by atoms with E-state index in [9.17, 15) is 0 Å². The quantitative estimate of drug-likeness (QED) is 0.682. The molecule has 5 heteroatoms. The summed E-state index contributed by atoms with van der Waals surface area (Å²) in [6.07, 6.45) is 0. The van der Waals surface area contributed by atoms with Crippen molar-refractivity contribution < 1.29 is 9.47 Å². The van der Waals surface area contributed by atoms with E-state index in [0.29, 0.717) is 19.8 Å². The van der Waals surface area contributed by atoms with Gasteiger partial charge in [0.15, 0.2) is 11.5 Å². The van der Waals surface area contributed by atoms with Gasteiger partial charge in [-0.25, -0.2) is 0 Å². The first kappa shape index (κ1) is 17.0. The summed E-state index contributed by atoms with van der Waals surface area (Å²) < 4.78 is 12.2. The van der Waals surface area contributed by atoms with Crippen molar-refractivity contribution >= 4 is 33.2 Å². The second-order valence-electron chi connectivity index (χ2n) is 4.63. The molecule has 2 aromatic carbocycles. The third-order valence-corrected chi connectivity index (χ3v) is 3.84. The standard InChI is InChI=1S/C17H19BrClNO2/c1-3-21-16-10-12(9-15(18)17(16)22-4-2)11-20-14-7-5-13(19)6-8-14/h5-10,20H,3-4,11H2,1-2H3. The Morgan fingerprint density at radius 3 is 2.36 bits per heavy atom. The van der Waals surface area contributed by atoms with Crippen molar-refractivity contribution in [1.82, 2.24) is 0 Å². The number of halogens is 2. The molecule has 0 radical (unpaired) electrons. The van der Waals surface area contributed by atoms with Crippen molar-refractivity contribution in [2.75, 3.05) is 18.5 Å². The minimum Gasteiger partial charge on any atom is -0.490 e. The predicted molar refractivity (Wildman–Crippen MR) is 95.3 cm³/mol. The first-order valence-corrected chi connectivity index (χ1v) is 8.38. The van der Waals surface area contributed by atoms with Crippen LogP contribution in [0, 0.1) is 0 Å². The SMILES string of the molecule is CCOc1cc(CNc2ccc(Cl)cc2)cc(Br)c1OCC. The second-order valence-corrected chi connectivity index (χ2v) is 5.92. The van der Waals surface area contributed by atoms with Crippen LogP contribution in [0.15, 0.2) is 40.9 Å². The lowest BCUT2D eigenvalue weighted by molar-refractivity contribution is 0.286. The van der Waals surface area contributed by atoms with E-state index in [0.717, 1.165) is 32.2 Å². The maximum atomic E-state index is 5.89. The molecule has 1 N–H and O–H groups in total. The Bertz CT molecular complexity index is 617. The maximum absolute atomic E-state index is 5.89. The topological polar surface area (TPSA) is 30.5 Å². The minimum atomic E-state index is 0.598. The average Bonchev–Trinajstić information content (AvgIpc) is 2.50. The molecule has 0 saturated heterocycles. The van der Waals surface area contributed by atoms with E-state index in [1.807, 2.05) is 50.2 Å². The summed E-state index contributed by atoms with van der Waals surface area (Å²) in [5.74, 6) is 1.51. The maximum Gasteiger partial charge on any atom is 0.175 e. The van der Waals surface area contributed by atoms with Crippen LogP contribution in [-0.2, 0) is 6.54 Å². The fraction of sp³-hybridized carbons (Fsp3) is 0.294. The highest BCUT2D eigenvalue weighted by molar-refractivity contribution is 9.10. The zero-order valence-electron chi connectivity index (χ0n) is 12.7.